The van der Waals surface area contributed by atoms with Crippen molar-refractivity contribution in [2.24, 2.45) is 5.92 Å². The fourth-order valence-electron chi connectivity index (χ4n) is 5.97. The third-order valence-electron chi connectivity index (χ3n) is 8.21. The second-order valence-corrected chi connectivity index (χ2v) is 10.4. The summed E-state index contributed by atoms with van der Waals surface area (Å²) in [6.07, 6.45) is -4.69. The Balaban J connectivity index is 1.72. The quantitative estimate of drug-likeness (QED) is 0.301. The van der Waals surface area contributed by atoms with Crippen molar-refractivity contribution < 1.29 is 54.1 Å². The highest BCUT2D eigenvalue weighted by atomic mass is 16.7. The van der Waals surface area contributed by atoms with Crippen LogP contribution in [-0.4, -0.2) is 80.9 Å². The molecule has 2 aromatic carbocycles. The molecule has 11 heteroatoms. The zero-order valence-corrected chi connectivity index (χ0v) is 21.6. The summed E-state index contributed by atoms with van der Waals surface area (Å²) in [7, 11) is 1.15. The van der Waals surface area contributed by atoms with Crippen molar-refractivity contribution in [3.8, 4) is 11.5 Å². The molecule has 1 fully saturated rings. The van der Waals surface area contributed by atoms with Crippen LogP contribution in [0.1, 0.15) is 81.7 Å². The van der Waals surface area contributed by atoms with Crippen LogP contribution >= 0.6 is 0 Å². The van der Waals surface area contributed by atoms with Crippen LogP contribution in [0.2, 0.25) is 0 Å². The average Bonchev–Trinajstić information content (AvgIpc) is 2.91. The molecule has 39 heavy (non-hydrogen) atoms. The van der Waals surface area contributed by atoms with E-state index in [0.717, 1.165) is 7.11 Å². The number of fused-ring (bicyclic) bond motifs is 3. The smallest absolute Gasteiger partial charge is 0.316 e. The summed E-state index contributed by atoms with van der Waals surface area (Å²) < 4.78 is 16.7. The minimum Gasteiger partial charge on any atom is -0.507 e. The van der Waals surface area contributed by atoms with Crippen LogP contribution in [0, 0.1) is 5.92 Å². The average molecular weight is 543 g/mol. The zero-order chi connectivity index (χ0) is 28.4. The predicted octanol–water partition coefficient (Wildman–Crippen LogP) is 1.45. The lowest BCUT2D eigenvalue weighted by molar-refractivity contribution is -0.269. The molecule has 3 aliphatic rings. The number of ketones is 2. The number of hydrogen-bond donors (Lipinski definition) is 5. The van der Waals surface area contributed by atoms with E-state index in [9.17, 15) is 39.9 Å². The van der Waals surface area contributed by atoms with Crippen LogP contribution in [0.3, 0.4) is 0 Å². The van der Waals surface area contributed by atoms with Crippen LogP contribution in [0.4, 0.5) is 0 Å². The first-order chi connectivity index (χ1) is 18.4. The molecule has 1 saturated heterocycles. The number of carbonyl (C=O) groups excluding carboxylic acids is 3. The van der Waals surface area contributed by atoms with Gasteiger partial charge in [-0.3, -0.25) is 14.4 Å². The van der Waals surface area contributed by atoms with Crippen LogP contribution < -0.4 is 0 Å². The highest BCUT2D eigenvalue weighted by Crippen LogP contribution is 2.54. The third-order valence-corrected chi connectivity index (χ3v) is 8.21. The first-order valence-electron chi connectivity index (χ1n) is 12.7. The first kappa shape index (κ1) is 27.2. The van der Waals surface area contributed by atoms with Crippen LogP contribution in [-0.2, 0) is 19.0 Å². The number of hydrogen-bond acceptors (Lipinski definition) is 11. The maximum Gasteiger partial charge on any atom is 0.316 e. The number of phenolic OH excluding ortho intramolecular Hbond substituents is 2. The Morgan fingerprint density at radius 1 is 1.13 bits per heavy atom. The van der Waals surface area contributed by atoms with Gasteiger partial charge < -0.3 is 39.7 Å². The molecule has 5 N–H and O–H groups in total. The van der Waals surface area contributed by atoms with Gasteiger partial charge in [0, 0.05) is 29.0 Å². The van der Waals surface area contributed by atoms with Gasteiger partial charge in [-0.25, -0.2) is 0 Å². The number of benzene rings is 2. The minimum atomic E-state index is -1.74. The SMILES string of the molecule is CC[C@@]1(O)C[C@H](OC2OC[C@H](O)[C@@H](O)[C@@H]2C)c2c(cc3c(c2O)C(=O)c2c(O)cccc2C3=O)C1C(=O)OC. The molecule has 2 unspecified atom stereocenters. The Bertz CT molecular complexity index is 1370. The molecule has 0 radical (unpaired) electrons. The van der Waals surface area contributed by atoms with E-state index in [1.54, 1.807) is 13.8 Å². The van der Waals surface area contributed by atoms with Crippen LogP contribution in [0.5, 0.6) is 11.5 Å². The van der Waals surface area contributed by atoms with E-state index in [0.29, 0.717) is 0 Å². The second kappa shape index (κ2) is 9.68. The predicted molar refractivity (Wildman–Crippen MR) is 132 cm³/mol. The summed E-state index contributed by atoms with van der Waals surface area (Å²) in [5.74, 6) is -5.35. The molecule has 11 nitrogen and oxygen atoms in total. The summed E-state index contributed by atoms with van der Waals surface area (Å²) in [5, 5.41) is 53.9. The van der Waals surface area contributed by atoms with Gasteiger partial charge in [0.05, 0.1) is 42.7 Å². The highest BCUT2D eigenvalue weighted by Gasteiger charge is 2.53. The van der Waals surface area contributed by atoms with Gasteiger partial charge in [0.2, 0.25) is 5.78 Å². The lowest BCUT2D eigenvalue weighted by Crippen LogP contribution is -2.51. The van der Waals surface area contributed by atoms with Crippen molar-refractivity contribution in [2.45, 2.75) is 62.8 Å². The maximum atomic E-state index is 13.5. The number of aliphatic hydroxyl groups is 3. The zero-order valence-electron chi connectivity index (χ0n) is 21.6. The molecule has 0 bridgehead atoms. The second-order valence-electron chi connectivity index (χ2n) is 10.4. The van der Waals surface area contributed by atoms with Gasteiger partial charge in [0.15, 0.2) is 12.1 Å². The van der Waals surface area contributed by atoms with Crippen molar-refractivity contribution in [1.82, 2.24) is 0 Å². The van der Waals surface area contributed by atoms with Crippen molar-refractivity contribution in [2.75, 3.05) is 13.7 Å². The normalized spacial score (nSPS) is 31.7. The molecular weight excluding hydrogens is 512 g/mol. The molecule has 2 aliphatic carbocycles. The fourth-order valence-corrected chi connectivity index (χ4v) is 5.97. The number of ether oxygens (including phenoxy) is 3. The van der Waals surface area contributed by atoms with Crippen LogP contribution in [0.15, 0.2) is 24.3 Å². The summed E-state index contributed by atoms with van der Waals surface area (Å²) in [6, 6.07) is 5.34. The Kier molecular flexibility index (Phi) is 6.76. The highest BCUT2D eigenvalue weighted by molar-refractivity contribution is 6.30. The van der Waals surface area contributed by atoms with Gasteiger partial charge in [-0.2, -0.15) is 0 Å². The number of phenols is 2. The summed E-state index contributed by atoms with van der Waals surface area (Å²) >= 11 is 0. The number of carbonyl (C=O) groups is 3. The number of aliphatic hydroxyl groups excluding tert-OH is 2. The molecule has 1 aliphatic heterocycles. The van der Waals surface area contributed by atoms with E-state index in [2.05, 4.69) is 0 Å². The Morgan fingerprint density at radius 3 is 2.51 bits per heavy atom. The number of aromatic hydroxyl groups is 2. The van der Waals surface area contributed by atoms with E-state index in [-0.39, 0.29) is 52.8 Å². The molecule has 0 spiro atoms. The molecule has 2 aromatic rings. The summed E-state index contributed by atoms with van der Waals surface area (Å²) in [4.78, 5) is 40.0. The van der Waals surface area contributed by atoms with Crippen molar-refractivity contribution in [3.05, 3.63) is 57.6 Å². The molecular formula is C28H30O11. The minimum absolute atomic E-state index is 0.0151. The van der Waals surface area contributed by atoms with E-state index in [1.165, 1.54) is 24.3 Å². The van der Waals surface area contributed by atoms with Gasteiger partial charge >= 0.3 is 5.97 Å². The van der Waals surface area contributed by atoms with Gasteiger partial charge in [-0.1, -0.05) is 26.0 Å². The van der Waals surface area contributed by atoms with Gasteiger partial charge in [0.1, 0.15) is 23.5 Å². The lowest BCUT2D eigenvalue weighted by Gasteiger charge is -2.45. The van der Waals surface area contributed by atoms with Crippen molar-refractivity contribution in [3.63, 3.8) is 0 Å². The topological polar surface area (TPSA) is 180 Å². The number of esters is 1. The monoisotopic (exact) mass is 542 g/mol. The third kappa shape index (κ3) is 4.04. The first-order valence-corrected chi connectivity index (χ1v) is 12.7. The van der Waals surface area contributed by atoms with Gasteiger partial charge in [0.25, 0.3) is 0 Å². The van der Waals surface area contributed by atoms with Crippen molar-refractivity contribution in [1.29, 1.82) is 0 Å². The summed E-state index contributed by atoms with van der Waals surface area (Å²) in [5.41, 5.74) is -2.57. The fraction of sp³-hybridized carbons (Fsp3) is 0.464. The van der Waals surface area contributed by atoms with E-state index in [1.807, 2.05) is 0 Å². The number of rotatable bonds is 4. The summed E-state index contributed by atoms with van der Waals surface area (Å²) in [6.45, 7) is 3.03. The standard InChI is InChI=1S/C28H30O11/c1-4-28(36)9-17(39-27-11(2)22(31)16(30)10-38-27)19-13(21(28)26(35)37-3)8-14-20(25(19)34)24(33)18-12(23(14)32)6-5-7-15(18)29/h5-8,11,16-17,21-22,27,29-31,34,36H,4,9-10H2,1-3H3/t11-,16-,17-,21?,22-,27?,28+/m0/s1. The van der Waals surface area contributed by atoms with E-state index in [4.69, 9.17) is 14.2 Å². The molecule has 0 saturated carbocycles. The Hall–Kier alpha value is -3.35. The molecule has 5 rings (SSSR count). The lowest BCUT2D eigenvalue weighted by atomic mass is 9.67. The maximum absolute atomic E-state index is 13.5. The molecule has 0 aromatic heterocycles. The van der Waals surface area contributed by atoms with Gasteiger partial charge in [-0.05, 0) is 24.1 Å². The molecule has 7 atom stereocenters. The molecule has 1 heterocycles. The van der Waals surface area contributed by atoms with E-state index < -0.39 is 71.1 Å². The Labute approximate surface area is 223 Å². The van der Waals surface area contributed by atoms with E-state index >= 15 is 0 Å². The number of methoxy groups -OCH3 is 1. The molecule has 208 valence electrons. The Morgan fingerprint density at radius 2 is 1.85 bits per heavy atom. The largest absolute Gasteiger partial charge is 0.507 e. The van der Waals surface area contributed by atoms with Crippen LogP contribution in [0.25, 0.3) is 0 Å². The molecule has 0 amide bonds. The van der Waals surface area contributed by atoms with Crippen molar-refractivity contribution >= 4 is 17.5 Å². The van der Waals surface area contributed by atoms with Gasteiger partial charge in [-0.15, -0.1) is 0 Å².